The van der Waals surface area contributed by atoms with E-state index in [1.807, 2.05) is 24.3 Å². The summed E-state index contributed by atoms with van der Waals surface area (Å²) in [6, 6.07) is 7.55. The van der Waals surface area contributed by atoms with Gasteiger partial charge in [-0.2, -0.15) is 5.10 Å². The summed E-state index contributed by atoms with van der Waals surface area (Å²) >= 11 is 0. The van der Waals surface area contributed by atoms with Crippen molar-refractivity contribution in [1.29, 1.82) is 0 Å². The van der Waals surface area contributed by atoms with Crippen LogP contribution in [0.5, 0.6) is 0 Å². The zero-order valence-corrected chi connectivity index (χ0v) is 8.61. The minimum Gasteiger partial charge on any atom is -0.286 e. The van der Waals surface area contributed by atoms with Crippen LogP contribution in [-0.2, 0) is 0 Å². The van der Waals surface area contributed by atoms with E-state index in [-0.39, 0.29) is 17.1 Å². The zero-order chi connectivity index (χ0) is 7.78. The van der Waals surface area contributed by atoms with Crippen LogP contribution in [0.1, 0.15) is 0 Å². The van der Waals surface area contributed by atoms with Gasteiger partial charge < -0.3 is 0 Å². The number of nitrogens with one attached hydrogen (secondary N) is 1. The fourth-order valence-corrected chi connectivity index (χ4v) is 0.528. The van der Waals surface area contributed by atoms with Gasteiger partial charge in [0.05, 0.1) is 0 Å². The fraction of sp³-hybridized carbons (Fsp3) is 0. The molecule has 1 N–H and O–H groups in total. The van der Waals surface area contributed by atoms with Crippen molar-refractivity contribution in [1.82, 2.24) is 15.2 Å². The van der Waals surface area contributed by atoms with Crippen LogP contribution in [0.4, 0.5) is 0 Å². The summed E-state index contributed by atoms with van der Waals surface area (Å²) in [6.45, 7) is 0. The Morgan fingerprint density at radius 2 is 1.58 bits per heavy atom. The molecular weight excluding hydrogens is 217 g/mol. The number of hydrogen-bond acceptors (Lipinski definition) is 2. The summed E-state index contributed by atoms with van der Waals surface area (Å²) in [6.07, 6.45) is 6.96. The molecule has 0 aliphatic heterocycles. The quantitative estimate of drug-likeness (QED) is 0.670. The van der Waals surface area contributed by atoms with Crippen molar-refractivity contribution in [3.05, 3.63) is 49.1 Å². The Bertz CT molecular complexity index is 200. The molecule has 0 atom stereocenters. The van der Waals surface area contributed by atoms with Gasteiger partial charge >= 0.3 is 17.1 Å². The molecule has 0 radical (unpaired) electrons. The maximum absolute atomic E-state index is 3.78. The molecule has 4 heteroatoms. The third-order valence-electron chi connectivity index (χ3n) is 0.972. The van der Waals surface area contributed by atoms with E-state index in [9.17, 15) is 0 Å². The number of aromatic nitrogens is 3. The second kappa shape index (κ2) is 7.98. The average molecular weight is 228 g/mol. The molecule has 0 unspecified atom stereocenters. The van der Waals surface area contributed by atoms with E-state index < -0.39 is 0 Å². The summed E-state index contributed by atoms with van der Waals surface area (Å²) in [4.78, 5) is 3.78. The van der Waals surface area contributed by atoms with E-state index in [1.54, 1.807) is 24.8 Å². The fourth-order valence-electron chi connectivity index (χ4n) is 0.528. The van der Waals surface area contributed by atoms with Crippen LogP contribution in [0.15, 0.2) is 49.1 Å². The third kappa shape index (κ3) is 5.65. The van der Waals surface area contributed by atoms with Gasteiger partial charge in [-0.3, -0.25) is 10.1 Å². The first-order chi connectivity index (χ1) is 5.50. The molecule has 64 valence electrons. The summed E-state index contributed by atoms with van der Waals surface area (Å²) in [7, 11) is 0. The second-order valence-electron chi connectivity index (χ2n) is 1.79. The largest absolute Gasteiger partial charge is 0.286 e. The standard InChI is InChI=1S/C5H5N.C3H4N2.H2Se/c1-2-4-6-5-3-1;1-2-4-5-3-1;/h1-5H;1-3H,(H,4,5);1H2. The molecule has 0 saturated carbocycles. The molecular formula is C8H11N3Se. The SMILES string of the molecule is [SeH2].c1ccncc1.c1cn[nH]c1. The Morgan fingerprint density at radius 3 is 1.75 bits per heavy atom. The van der Waals surface area contributed by atoms with Gasteiger partial charge in [-0.05, 0) is 18.2 Å². The molecule has 12 heavy (non-hydrogen) atoms. The molecule has 0 spiro atoms. The van der Waals surface area contributed by atoms with Crippen LogP contribution >= 0.6 is 0 Å². The van der Waals surface area contributed by atoms with Gasteiger partial charge in [-0.1, -0.05) is 6.07 Å². The van der Waals surface area contributed by atoms with Crippen LogP contribution in [0.2, 0.25) is 0 Å². The smallest absolute Gasteiger partial charge is 0.0487 e. The Morgan fingerprint density at radius 1 is 0.833 bits per heavy atom. The minimum absolute atomic E-state index is 0. The van der Waals surface area contributed by atoms with E-state index in [4.69, 9.17) is 0 Å². The van der Waals surface area contributed by atoms with E-state index in [0.717, 1.165) is 0 Å². The van der Waals surface area contributed by atoms with E-state index in [0.29, 0.717) is 0 Å². The first-order valence-electron chi connectivity index (χ1n) is 3.29. The summed E-state index contributed by atoms with van der Waals surface area (Å²) < 4.78 is 0. The molecule has 0 aliphatic carbocycles. The van der Waals surface area contributed by atoms with Crippen molar-refractivity contribution in [2.24, 2.45) is 0 Å². The van der Waals surface area contributed by atoms with Gasteiger partial charge in [0.2, 0.25) is 0 Å². The van der Waals surface area contributed by atoms with E-state index in [2.05, 4.69) is 15.2 Å². The molecule has 0 amide bonds. The molecule has 2 aromatic heterocycles. The zero-order valence-electron chi connectivity index (χ0n) is 6.51. The van der Waals surface area contributed by atoms with Crippen molar-refractivity contribution >= 4 is 17.1 Å². The Labute approximate surface area is 81.7 Å². The average Bonchev–Trinajstić information content (AvgIpc) is 2.64. The second-order valence-corrected chi connectivity index (χ2v) is 1.79. The molecule has 2 aromatic rings. The summed E-state index contributed by atoms with van der Waals surface area (Å²) in [5, 5.41) is 6.21. The van der Waals surface area contributed by atoms with Crippen molar-refractivity contribution in [2.75, 3.05) is 0 Å². The summed E-state index contributed by atoms with van der Waals surface area (Å²) in [5.74, 6) is 0. The molecule has 0 fully saturated rings. The van der Waals surface area contributed by atoms with Crippen LogP contribution in [0.3, 0.4) is 0 Å². The normalized spacial score (nSPS) is 7.33. The molecule has 3 nitrogen and oxygen atoms in total. The van der Waals surface area contributed by atoms with Gasteiger partial charge in [-0.15, -0.1) is 0 Å². The Hall–Kier alpha value is -1.12. The topological polar surface area (TPSA) is 41.6 Å². The van der Waals surface area contributed by atoms with Crippen LogP contribution in [0, 0.1) is 0 Å². The molecule has 0 aliphatic rings. The maximum Gasteiger partial charge on any atom is 0.0487 e. The van der Waals surface area contributed by atoms with Crippen molar-refractivity contribution in [3.8, 4) is 0 Å². The number of aromatic amines is 1. The van der Waals surface area contributed by atoms with Gasteiger partial charge in [0, 0.05) is 24.8 Å². The number of nitrogens with zero attached hydrogens (tertiary/aromatic N) is 2. The number of pyridine rings is 1. The van der Waals surface area contributed by atoms with Crippen LogP contribution in [-0.4, -0.2) is 32.3 Å². The van der Waals surface area contributed by atoms with Gasteiger partial charge in [-0.25, -0.2) is 0 Å². The van der Waals surface area contributed by atoms with E-state index >= 15 is 0 Å². The first kappa shape index (κ1) is 10.9. The molecule has 2 heterocycles. The number of rotatable bonds is 0. The van der Waals surface area contributed by atoms with Gasteiger partial charge in [0.1, 0.15) is 0 Å². The van der Waals surface area contributed by atoms with E-state index in [1.165, 1.54) is 0 Å². The monoisotopic (exact) mass is 229 g/mol. The Kier molecular flexibility index (Phi) is 7.24. The maximum atomic E-state index is 3.78. The van der Waals surface area contributed by atoms with Crippen LogP contribution in [0.25, 0.3) is 0 Å². The molecule has 0 bridgehead atoms. The van der Waals surface area contributed by atoms with Gasteiger partial charge in [0.15, 0.2) is 0 Å². The minimum atomic E-state index is 0. The predicted molar refractivity (Wildman–Crippen MR) is 51.4 cm³/mol. The molecule has 0 saturated heterocycles. The van der Waals surface area contributed by atoms with Gasteiger partial charge in [0.25, 0.3) is 0 Å². The van der Waals surface area contributed by atoms with Crippen LogP contribution < -0.4 is 0 Å². The summed E-state index contributed by atoms with van der Waals surface area (Å²) in [5.41, 5.74) is 0. The number of hydrogen-bond donors (Lipinski definition) is 1. The Balaban J connectivity index is 0.000000189. The van der Waals surface area contributed by atoms with Crippen molar-refractivity contribution in [2.45, 2.75) is 0 Å². The first-order valence-corrected chi connectivity index (χ1v) is 3.29. The molecule has 2 rings (SSSR count). The van der Waals surface area contributed by atoms with Crippen molar-refractivity contribution in [3.63, 3.8) is 0 Å². The molecule has 0 aromatic carbocycles. The predicted octanol–water partition coefficient (Wildman–Crippen LogP) is 0.575. The van der Waals surface area contributed by atoms with Crippen molar-refractivity contribution < 1.29 is 0 Å². The third-order valence-corrected chi connectivity index (χ3v) is 0.972. The number of H-pyrrole nitrogens is 1.